The van der Waals surface area contributed by atoms with Gasteiger partial charge in [-0.15, -0.1) is 0 Å². The zero-order chi connectivity index (χ0) is 16.4. The third-order valence-corrected chi connectivity index (χ3v) is 3.86. The molecule has 3 aromatic rings. The first-order chi connectivity index (χ1) is 11.0. The largest absolute Gasteiger partial charge is 0.482 e. The summed E-state index contributed by atoms with van der Waals surface area (Å²) >= 11 is 11.8. The van der Waals surface area contributed by atoms with Gasteiger partial charge >= 0.3 is 0 Å². The Morgan fingerprint density at radius 1 is 1.22 bits per heavy atom. The Kier molecular flexibility index (Phi) is 4.46. The maximum Gasteiger partial charge on any atom is 0.262 e. The SMILES string of the molecule is Cc1cc2c(NC(=O)COc3ccc(Cl)cc3Cl)cccc2[nH]1. The lowest BCUT2D eigenvalue weighted by atomic mass is 10.2. The first-order valence-electron chi connectivity index (χ1n) is 6.99. The van der Waals surface area contributed by atoms with Gasteiger partial charge in [-0.3, -0.25) is 4.79 Å². The molecule has 3 rings (SSSR count). The summed E-state index contributed by atoms with van der Waals surface area (Å²) in [6, 6.07) is 12.5. The van der Waals surface area contributed by atoms with E-state index in [-0.39, 0.29) is 12.5 Å². The molecule has 0 bridgehead atoms. The topological polar surface area (TPSA) is 54.1 Å². The Morgan fingerprint density at radius 2 is 2.04 bits per heavy atom. The number of aryl methyl sites for hydroxylation is 1. The Morgan fingerprint density at radius 3 is 2.83 bits per heavy atom. The number of anilines is 1. The highest BCUT2D eigenvalue weighted by Gasteiger charge is 2.09. The third-order valence-electron chi connectivity index (χ3n) is 3.33. The molecule has 6 heteroatoms. The minimum absolute atomic E-state index is 0.138. The Hall–Kier alpha value is -2.17. The van der Waals surface area contributed by atoms with Crippen LogP contribution >= 0.6 is 23.2 Å². The van der Waals surface area contributed by atoms with Gasteiger partial charge in [0.1, 0.15) is 5.75 Å². The van der Waals surface area contributed by atoms with Gasteiger partial charge in [-0.1, -0.05) is 29.3 Å². The zero-order valence-electron chi connectivity index (χ0n) is 12.3. The maximum absolute atomic E-state index is 12.1. The van der Waals surface area contributed by atoms with Gasteiger partial charge in [-0.2, -0.15) is 0 Å². The molecule has 118 valence electrons. The van der Waals surface area contributed by atoms with Gasteiger partial charge in [0.05, 0.1) is 10.7 Å². The smallest absolute Gasteiger partial charge is 0.262 e. The molecule has 2 aromatic carbocycles. The highest BCUT2D eigenvalue weighted by molar-refractivity contribution is 6.35. The van der Waals surface area contributed by atoms with Gasteiger partial charge in [0.25, 0.3) is 5.91 Å². The number of carbonyl (C=O) groups excluding carboxylic acids is 1. The Balaban J connectivity index is 1.69. The average molecular weight is 349 g/mol. The standard InChI is InChI=1S/C17H14Cl2N2O2/c1-10-7-12-14(20-10)3-2-4-15(12)21-17(22)9-23-16-6-5-11(18)8-13(16)19/h2-8,20H,9H2,1H3,(H,21,22). The molecule has 0 fully saturated rings. The normalized spacial score (nSPS) is 10.7. The van der Waals surface area contributed by atoms with Crippen molar-refractivity contribution in [2.45, 2.75) is 6.92 Å². The minimum Gasteiger partial charge on any atom is -0.482 e. The number of benzene rings is 2. The molecular formula is C17H14Cl2N2O2. The molecule has 0 unspecified atom stereocenters. The number of ether oxygens (including phenoxy) is 1. The van der Waals surface area contributed by atoms with E-state index in [4.69, 9.17) is 27.9 Å². The second kappa shape index (κ2) is 6.52. The fraction of sp³-hybridized carbons (Fsp3) is 0.118. The van der Waals surface area contributed by atoms with E-state index in [0.29, 0.717) is 15.8 Å². The lowest BCUT2D eigenvalue weighted by molar-refractivity contribution is -0.118. The quantitative estimate of drug-likeness (QED) is 0.711. The maximum atomic E-state index is 12.1. The zero-order valence-corrected chi connectivity index (χ0v) is 13.8. The molecule has 0 saturated carbocycles. The van der Waals surface area contributed by atoms with Crippen molar-refractivity contribution in [2.24, 2.45) is 0 Å². The molecule has 0 aliphatic heterocycles. The number of carbonyl (C=O) groups is 1. The molecule has 0 atom stereocenters. The number of amides is 1. The van der Waals surface area contributed by atoms with Crippen LogP contribution in [-0.2, 0) is 4.79 Å². The van der Waals surface area contributed by atoms with Crippen molar-refractivity contribution < 1.29 is 9.53 Å². The number of rotatable bonds is 4. The monoisotopic (exact) mass is 348 g/mol. The van der Waals surface area contributed by atoms with E-state index >= 15 is 0 Å². The molecule has 1 aromatic heterocycles. The summed E-state index contributed by atoms with van der Waals surface area (Å²) in [5, 5.41) is 4.69. The number of aromatic amines is 1. The van der Waals surface area contributed by atoms with E-state index < -0.39 is 0 Å². The van der Waals surface area contributed by atoms with Gasteiger partial charge in [0.2, 0.25) is 0 Å². The summed E-state index contributed by atoms with van der Waals surface area (Å²) < 4.78 is 5.43. The highest BCUT2D eigenvalue weighted by Crippen LogP contribution is 2.28. The molecule has 0 aliphatic carbocycles. The lowest BCUT2D eigenvalue weighted by Gasteiger charge is -2.09. The lowest BCUT2D eigenvalue weighted by Crippen LogP contribution is -2.20. The summed E-state index contributed by atoms with van der Waals surface area (Å²) in [4.78, 5) is 15.3. The molecule has 4 nitrogen and oxygen atoms in total. The second-order valence-electron chi connectivity index (χ2n) is 5.13. The van der Waals surface area contributed by atoms with Crippen LogP contribution in [-0.4, -0.2) is 17.5 Å². The number of fused-ring (bicyclic) bond motifs is 1. The molecule has 1 heterocycles. The van der Waals surface area contributed by atoms with Crippen LogP contribution in [0.5, 0.6) is 5.75 Å². The average Bonchev–Trinajstić information content (AvgIpc) is 2.88. The van der Waals surface area contributed by atoms with Crippen LogP contribution in [0.25, 0.3) is 10.9 Å². The van der Waals surface area contributed by atoms with E-state index in [1.54, 1.807) is 18.2 Å². The summed E-state index contributed by atoms with van der Waals surface area (Å²) in [7, 11) is 0. The van der Waals surface area contributed by atoms with Crippen LogP contribution in [0.4, 0.5) is 5.69 Å². The molecular weight excluding hydrogens is 335 g/mol. The Bertz CT molecular complexity index is 874. The van der Waals surface area contributed by atoms with Crippen molar-refractivity contribution in [3.63, 3.8) is 0 Å². The van der Waals surface area contributed by atoms with Gasteiger partial charge in [-0.25, -0.2) is 0 Å². The third kappa shape index (κ3) is 3.60. The summed E-state index contributed by atoms with van der Waals surface area (Å²) in [5.74, 6) is 0.157. The first-order valence-corrected chi connectivity index (χ1v) is 7.74. The fourth-order valence-corrected chi connectivity index (χ4v) is 2.79. The van der Waals surface area contributed by atoms with Crippen molar-refractivity contribution in [1.82, 2.24) is 4.98 Å². The van der Waals surface area contributed by atoms with Crippen LogP contribution in [0, 0.1) is 6.92 Å². The molecule has 2 N–H and O–H groups in total. The molecule has 0 spiro atoms. The second-order valence-corrected chi connectivity index (χ2v) is 5.97. The van der Waals surface area contributed by atoms with Crippen LogP contribution in [0.15, 0.2) is 42.5 Å². The van der Waals surface area contributed by atoms with Crippen molar-refractivity contribution in [2.75, 3.05) is 11.9 Å². The summed E-state index contributed by atoms with van der Waals surface area (Å²) in [6.07, 6.45) is 0. The van der Waals surface area contributed by atoms with Crippen LogP contribution in [0.3, 0.4) is 0 Å². The van der Waals surface area contributed by atoms with Crippen LogP contribution in [0.2, 0.25) is 10.0 Å². The van der Waals surface area contributed by atoms with E-state index in [2.05, 4.69) is 10.3 Å². The molecule has 23 heavy (non-hydrogen) atoms. The molecule has 0 saturated heterocycles. The van der Waals surface area contributed by atoms with Crippen molar-refractivity contribution >= 4 is 45.7 Å². The van der Waals surface area contributed by atoms with E-state index in [1.807, 2.05) is 31.2 Å². The van der Waals surface area contributed by atoms with Gasteiger partial charge in [-0.05, 0) is 43.3 Å². The number of H-pyrrole nitrogens is 1. The number of halogens is 2. The number of hydrogen-bond acceptors (Lipinski definition) is 2. The first kappa shape index (κ1) is 15.7. The fourth-order valence-electron chi connectivity index (χ4n) is 2.33. The molecule has 1 amide bonds. The minimum atomic E-state index is -0.262. The predicted octanol–water partition coefficient (Wildman–Crippen LogP) is 4.80. The van der Waals surface area contributed by atoms with Crippen LogP contribution in [0.1, 0.15) is 5.69 Å². The van der Waals surface area contributed by atoms with E-state index in [0.717, 1.165) is 22.3 Å². The van der Waals surface area contributed by atoms with Crippen molar-refractivity contribution in [1.29, 1.82) is 0 Å². The molecule has 0 aliphatic rings. The highest BCUT2D eigenvalue weighted by atomic mass is 35.5. The Labute approximate surface area is 143 Å². The van der Waals surface area contributed by atoms with E-state index in [9.17, 15) is 4.79 Å². The van der Waals surface area contributed by atoms with Gasteiger partial charge in [0, 0.05) is 21.6 Å². The van der Waals surface area contributed by atoms with Crippen molar-refractivity contribution in [3.8, 4) is 5.75 Å². The van der Waals surface area contributed by atoms with Gasteiger partial charge in [0.15, 0.2) is 6.61 Å². The van der Waals surface area contributed by atoms with E-state index in [1.165, 1.54) is 0 Å². The van der Waals surface area contributed by atoms with Gasteiger partial charge < -0.3 is 15.0 Å². The van der Waals surface area contributed by atoms with Crippen LogP contribution < -0.4 is 10.1 Å². The molecule has 0 radical (unpaired) electrons. The predicted molar refractivity (Wildman–Crippen MR) is 93.6 cm³/mol. The number of aromatic nitrogens is 1. The summed E-state index contributed by atoms with van der Waals surface area (Å²) in [6.45, 7) is 1.83. The van der Waals surface area contributed by atoms with Crippen molar-refractivity contribution in [3.05, 3.63) is 58.2 Å². The summed E-state index contributed by atoms with van der Waals surface area (Å²) in [5.41, 5.74) is 2.75. The number of nitrogens with one attached hydrogen (secondary N) is 2. The number of hydrogen-bond donors (Lipinski definition) is 2.